The molecule has 1 unspecified atom stereocenters. The van der Waals surface area contributed by atoms with E-state index in [1.165, 1.54) is 38.5 Å². The second kappa shape index (κ2) is 12.6. The molecule has 0 aliphatic rings. The minimum atomic E-state index is -3.39. The van der Waals surface area contributed by atoms with Gasteiger partial charge in [0.1, 0.15) is 0 Å². The SMILES string of the molecule is CCCCCCCCCC(CC)OS(=O)(=O)CCCN. The van der Waals surface area contributed by atoms with Gasteiger partial charge in [0.25, 0.3) is 10.1 Å². The van der Waals surface area contributed by atoms with Crippen LogP contribution in [0.15, 0.2) is 0 Å². The highest BCUT2D eigenvalue weighted by Gasteiger charge is 2.17. The van der Waals surface area contributed by atoms with Gasteiger partial charge in [0.05, 0.1) is 11.9 Å². The van der Waals surface area contributed by atoms with Crippen LogP contribution in [0.25, 0.3) is 0 Å². The number of unbranched alkanes of at least 4 members (excludes halogenated alkanes) is 6. The molecule has 0 saturated carbocycles. The van der Waals surface area contributed by atoms with E-state index in [0.717, 1.165) is 19.3 Å². The molecule has 0 fully saturated rings. The summed E-state index contributed by atoms with van der Waals surface area (Å²) in [7, 11) is -3.39. The van der Waals surface area contributed by atoms with Crippen molar-refractivity contribution in [2.45, 2.75) is 84.2 Å². The summed E-state index contributed by atoms with van der Waals surface area (Å²) in [4.78, 5) is 0. The van der Waals surface area contributed by atoms with Crippen molar-refractivity contribution >= 4 is 10.1 Å². The molecule has 0 rings (SSSR count). The van der Waals surface area contributed by atoms with Crippen LogP contribution in [0.3, 0.4) is 0 Å². The van der Waals surface area contributed by atoms with E-state index in [9.17, 15) is 8.42 Å². The zero-order chi connectivity index (χ0) is 15.3. The van der Waals surface area contributed by atoms with Crippen molar-refractivity contribution in [3.05, 3.63) is 0 Å². The van der Waals surface area contributed by atoms with Gasteiger partial charge in [-0.05, 0) is 25.8 Å². The summed E-state index contributed by atoms with van der Waals surface area (Å²) in [6.45, 7) is 4.58. The molecule has 2 N–H and O–H groups in total. The van der Waals surface area contributed by atoms with Crippen LogP contribution in [0, 0.1) is 0 Å². The molecule has 20 heavy (non-hydrogen) atoms. The average Bonchev–Trinajstić information content (AvgIpc) is 2.42. The summed E-state index contributed by atoms with van der Waals surface area (Å²) < 4.78 is 28.6. The van der Waals surface area contributed by atoms with E-state index in [2.05, 4.69) is 6.92 Å². The number of hydrogen-bond donors (Lipinski definition) is 1. The highest BCUT2D eigenvalue weighted by atomic mass is 32.2. The maximum Gasteiger partial charge on any atom is 0.267 e. The van der Waals surface area contributed by atoms with Gasteiger partial charge in [0.15, 0.2) is 0 Å². The first kappa shape index (κ1) is 19.9. The van der Waals surface area contributed by atoms with Crippen molar-refractivity contribution in [2.75, 3.05) is 12.3 Å². The monoisotopic (exact) mass is 307 g/mol. The second-order valence-corrected chi connectivity index (χ2v) is 7.16. The van der Waals surface area contributed by atoms with Crippen molar-refractivity contribution in [1.29, 1.82) is 0 Å². The molecule has 0 spiro atoms. The van der Waals surface area contributed by atoms with Gasteiger partial charge in [-0.25, -0.2) is 0 Å². The lowest BCUT2D eigenvalue weighted by molar-refractivity contribution is 0.190. The fourth-order valence-electron chi connectivity index (χ4n) is 2.16. The Morgan fingerprint density at radius 2 is 1.55 bits per heavy atom. The first-order valence-electron chi connectivity index (χ1n) is 8.16. The van der Waals surface area contributed by atoms with Gasteiger partial charge >= 0.3 is 0 Å². The summed E-state index contributed by atoms with van der Waals surface area (Å²) in [6, 6.07) is 0. The molecule has 5 heteroatoms. The van der Waals surface area contributed by atoms with Crippen molar-refractivity contribution in [3.63, 3.8) is 0 Å². The van der Waals surface area contributed by atoms with E-state index in [1.807, 2.05) is 6.92 Å². The van der Waals surface area contributed by atoms with E-state index in [4.69, 9.17) is 9.92 Å². The Kier molecular flexibility index (Phi) is 12.5. The van der Waals surface area contributed by atoms with Gasteiger partial charge < -0.3 is 5.73 Å². The Bertz CT molecular complexity index is 304. The van der Waals surface area contributed by atoms with Crippen LogP contribution >= 0.6 is 0 Å². The number of nitrogens with two attached hydrogens (primary N) is 1. The summed E-state index contributed by atoms with van der Waals surface area (Å²) in [5.41, 5.74) is 5.33. The predicted octanol–water partition coefficient (Wildman–Crippen LogP) is 3.60. The van der Waals surface area contributed by atoms with Crippen molar-refractivity contribution in [3.8, 4) is 0 Å². The third-order valence-electron chi connectivity index (χ3n) is 3.47. The summed E-state index contributed by atoms with van der Waals surface area (Å²) >= 11 is 0. The molecule has 0 aliphatic heterocycles. The molecule has 0 saturated heterocycles. The zero-order valence-electron chi connectivity index (χ0n) is 13.3. The Hall–Kier alpha value is -0.130. The van der Waals surface area contributed by atoms with Crippen molar-refractivity contribution in [1.82, 2.24) is 0 Å². The lowest BCUT2D eigenvalue weighted by Crippen LogP contribution is -2.21. The van der Waals surface area contributed by atoms with Gasteiger partial charge in [-0.3, -0.25) is 4.18 Å². The minimum Gasteiger partial charge on any atom is -0.330 e. The molecule has 0 aromatic rings. The highest BCUT2D eigenvalue weighted by molar-refractivity contribution is 7.86. The third kappa shape index (κ3) is 11.7. The summed E-state index contributed by atoms with van der Waals surface area (Å²) in [6.07, 6.45) is 10.6. The molecular weight excluding hydrogens is 274 g/mol. The summed E-state index contributed by atoms with van der Waals surface area (Å²) in [5, 5.41) is 0. The first-order chi connectivity index (χ1) is 9.55. The van der Waals surface area contributed by atoms with E-state index >= 15 is 0 Å². The lowest BCUT2D eigenvalue weighted by Gasteiger charge is -2.15. The largest absolute Gasteiger partial charge is 0.330 e. The molecule has 0 amide bonds. The standard InChI is InChI=1S/C15H33NO3S/c1-3-5-6-7-8-9-10-12-15(4-2)19-20(17,18)14-11-13-16/h15H,3-14,16H2,1-2H3. The number of rotatable bonds is 14. The molecule has 0 radical (unpaired) electrons. The summed E-state index contributed by atoms with van der Waals surface area (Å²) in [5.74, 6) is 0.0387. The molecular formula is C15H33NO3S. The van der Waals surface area contributed by atoms with Gasteiger partial charge in [-0.15, -0.1) is 0 Å². The number of hydrogen-bond acceptors (Lipinski definition) is 4. The average molecular weight is 308 g/mol. The maximum atomic E-state index is 11.7. The molecule has 0 aliphatic carbocycles. The normalized spacial score (nSPS) is 13.6. The second-order valence-electron chi connectivity index (χ2n) is 5.44. The van der Waals surface area contributed by atoms with Crippen LogP contribution in [0.5, 0.6) is 0 Å². The lowest BCUT2D eigenvalue weighted by atomic mass is 10.1. The predicted molar refractivity (Wildman–Crippen MR) is 85.2 cm³/mol. The molecule has 4 nitrogen and oxygen atoms in total. The van der Waals surface area contributed by atoms with Gasteiger partial charge in [-0.2, -0.15) is 8.42 Å². The fourth-order valence-corrected chi connectivity index (χ4v) is 3.43. The van der Waals surface area contributed by atoms with Gasteiger partial charge in [0, 0.05) is 0 Å². The molecule has 0 aromatic heterocycles. The van der Waals surface area contributed by atoms with Crippen LogP contribution < -0.4 is 5.73 Å². The Morgan fingerprint density at radius 3 is 2.10 bits per heavy atom. The topological polar surface area (TPSA) is 69.4 Å². The fraction of sp³-hybridized carbons (Fsp3) is 1.00. The third-order valence-corrected chi connectivity index (χ3v) is 4.82. The Labute approximate surface area is 125 Å². The zero-order valence-corrected chi connectivity index (χ0v) is 14.1. The minimum absolute atomic E-state index is 0.0387. The van der Waals surface area contributed by atoms with Crippen LogP contribution in [-0.2, 0) is 14.3 Å². The Morgan fingerprint density at radius 1 is 0.950 bits per heavy atom. The first-order valence-corrected chi connectivity index (χ1v) is 9.74. The molecule has 0 bridgehead atoms. The quantitative estimate of drug-likeness (QED) is 0.393. The van der Waals surface area contributed by atoms with Crippen LogP contribution in [0.1, 0.15) is 78.1 Å². The van der Waals surface area contributed by atoms with E-state index in [-0.39, 0.29) is 11.9 Å². The van der Waals surface area contributed by atoms with Gasteiger partial charge in [0.2, 0.25) is 0 Å². The van der Waals surface area contributed by atoms with Crippen molar-refractivity contribution < 1.29 is 12.6 Å². The van der Waals surface area contributed by atoms with Gasteiger partial charge in [-0.1, -0.05) is 58.8 Å². The van der Waals surface area contributed by atoms with E-state index in [1.54, 1.807) is 0 Å². The molecule has 1 atom stereocenters. The van der Waals surface area contributed by atoms with Crippen LogP contribution in [-0.4, -0.2) is 26.8 Å². The van der Waals surface area contributed by atoms with Crippen LogP contribution in [0.4, 0.5) is 0 Å². The smallest absolute Gasteiger partial charge is 0.267 e. The molecule has 0 aromatic carbocycles. The van der Waals surface area contributed by atoms with E-state index < -0.39 is 10.1 Å². The van der Waals surface area contributed by atoms with Crippen LogP contribution in [0.2, 0.25) is 0 Å². The Balaban J connectivity index is 3.76. The van der Waals surface area contributed by atoms with E-state index in [0.29, 0.717) is 13.0 Å². The van der Waals surface area contributed by atoms with Crippen molar-refractivity contribution in [2.24, 2.45) is 5.73 Å². The maximum absolute atomic E-state index is 11.7. The highest BCUT2D eigenvalue weighted by Crippen LogP contribution is 2.15. The molecule has 0 heterocycles. The molecule has 122 valence electrons.